The highest BCUT2D eigenvalue weighted by molar-refractivity contribution is 5.98. The first-order chi connectivity index (χ1) is 35.7. The Bertz CT molecular complexity index is 2690. The summed E-state index contributed by atoms with van der Waals surface area (Å²) in [6, 6.07) is 18.8. The van der Waals surface area contributed by atoms with Crippen molar-refractivity contribution < 1.29 is 37.8 Å². The molecule has 0 bridgehead atoms. The van der Waals surface area contributed by atoms with Gasteiger partial charge >= 0.3 is 6.09 Å². The zero-order chi connectivity index (χ0) is 51.9. The lowest BCUT2D eigenvalue weighted by Gasteiger charge is -2.40. The zero-order valence-corrected chi connectivity index (χ0v) is 43.3. The summed E-state index contributed by atoms with van der Waals surface area (Å²) < 4.78 is 27.3. The molecule has 17 heteroatoms. The summed E-state index contributed by atoms with van der Waals surface area (Å²) in [7, 11) is 0. The van der Waals surface area contributed by atoms with Crippen molar-refractivity contribution in [2.24, 2.45) is 5.92 Å². The number of piperidine rings is 3. The minimum atomic E-state index is -0.614. The number of piperazine rings is 1. The van der Waals surface area contributed by atoms with Gasteiger partial charge in [0.2, 0.25) is 11.8 Å². The Balaban J connectivity index is 0.692. The number of aromatic amines is 1. The molecule has 4 aromatic rings. The second kappa shape index (κ2) is 23.6. The third-order valence-corrected chi connectivity index (χ3v) is 15.8. The van der Waals surface area contributed by atoms with Gasteiger partial charge in [0.05, 0.1) is 35.4 Å². The van der Waals surface area contributed by atoms with E-state index >= 15 is 4.39 Å². The van der Waals surface area contributed by atoms with Gasteiger partial charge in [-0.25, -0.2) is 14.3 Å². The zero-order valence-electron chi connectivity index (χ0n) is 43.3. The van der Waals surface area contributed by atoms with E-state index in [0.717, 1.165) is 89.3 Å². The van der Waals surface area contributed by atoms with Gasteiger partial charge in [0.1, 0.15) is 17.5 Å². The topological polar surface area (TPSA) is 178 Å². The predicted molar refractivity (Wildman–Crippen MR) is 278 cm³/mol. The second-order valence-electron chi connectivity index (χ2n) is 22.1. The molecule has 0 unspecified atom stereocenters. The SMILES string of the molecule is CC(C)(C)OC(=O)N1CCC(c2ccc(C(=O)N[C@@H](C(=O)N3CCC(OC4CCN(CC(=O)N5CCN(C(=O)c6cc(Cc7n[nH]c(=O)c8ccccc78)ccc6F)CC5)CC4)CC3)C3CCCCC3)cc2)CC1. The van der Waals surface area contributed by atoms with Crippen LogP contribution in [0, 0.1) is 11.7 Å². The number of hydrogen-bond acceptors (Lipinski definition) is 10. The fourth-order valence-corrected chi connectivity index (χ4v) is 11.6. The standard InChI is InChI=1S/C57H73FN8O8/c1-57(2,3)74-56(72)66-27-19-40(20-28-66)39-14-16-42(17-15-39)52(68)59-51(41-9-5-4-6-10-41)55(71)64-29-23-44(24-30-64)73-43-21-25-62(26-22-43)37-50(67)63-31-33-65(34-32-63)54(70)47-35-38(13-18-48(47)58)36-49-45-11-7-8-12-46(45)53(69)61-60-49/h7-8,11-18,35,40-41,43-44,51H,4-6,9-10,19-34,36-37H2,1-3H3,(H,59,68)(H,61,69)/t51-/m1/s1. The maximum Gasteiger partial charge on any atom is 0.410 e. The van der Waals surface area contributed by atoms with Crippen molar-refractivity contribution in [1.82, 2.24) is 40.0 Å². The molecule has 3 aromatic carbocycles. The second-order valence-corrected chi connectivity index (χ2v) is 22.1. The molecule has 396 valence electrons. The largest absolute Gasteiger partial charge is 0.444 e. The fourth-order valence-electron chi connectivity index (χ4n) is 11.6. The quantitative estimate of drug-likeness (QED) is 0.152. The number of likely N-dealkylation sites (tertiary alicyclic amines) is 3. The van der Waals surface area contributed by atoms with Crippen molar-refractivity contribution in [2.45, 2.75) is 128 Å². The van der Waals surface area contributed by atoms with E-state index in [2.05, 4.69) is 20.4 Å². The molecule has 1 saturated carbocycles. The lowest BCUT2D eigenvalue weighted by atomic mass is 9.83. The number of nitrogens with zero attached hydrogens (tertiary/aromatic N) is 6. The number of benzene rings is 3. The summed E-state index contributed by atoms with van der Waals surface area (Å²) in [4.78, 5) is 89.2. The molecule has 5 amide bonds. The van der Waals surface area contributed by atoms with Gasteiger partial charge in [0.25, 0.3) is 17.4 Å². The van der Waals surface area contributed by atoms with E-state index in [9.17, 15) is 28.8 Å². The third kappa shape index (κ3) is 13.0. The van der Waals surface area contributed by atoms with E-state index in [0.29, 0.717) is 86.4 Å². The van der Waals surface area contributed by atoms with Crippen LogP contribution in [0.2, 0.25) is 0 Å². The average Bonchev–Trinajstić information content (AvgIpc) is 3.42. The van der Waals surface area contributed by atoms with Gasteiger partial charge in [0, 0.05) is 82.8 Å². The Kier molecular flexibility index (Phi) is 16.8. The van der Waals surface area contributed by atoms with Crippen LogP contribution in [0.3, 0.4) is 0 Å². The first-order valence-electron chi connectivity index (χ1n) is 27.0. The monoisotopic (exact) mass is 1020 g/mol. The van der Waals surface area contributed by atoms with Crippen molar-refractivity contribution in [2.75, 3.05) is 72.0 Å². The van der Waals surface area contributed by atoms with Crippen molar-refractivity contribution >= 4 is 40.5 Å². The van der Waals surface area contributed by atoms with Crippen LogP contribution in [0.1, 0.15) is 135 Å². The van der Waals surface area contributed by atoms with Crippen molar-refractivity contribution in [3.8, 4) is 0 Å². The van der Waals surface area contributed by atoms with E-state index in [1.165, 1.54) is 6.07 Å². The van der Waals surface area contributed by atoms with Crippen LogP contribution in [0.5, 0.6) is 0 Å². The molecule has 0 spiro atoms. The van der Waals surface area contributed by atoms with Gasteiger partial charge < -0.3 is 34.4 Å². The molecule has 9 rings (SSSR count). The Morgan fingerprint density at radius 2 is 1.34 bits per heavy atom. The number of carbonyl (C=O) groups excluding carboxylic acids is 5. The number of fused-ring (bicyclic) bond motifs is 1. The van der Waals surface area contributed by atoms with Gasteiger partial charge in [0.15, 0.2) is 0 Å². The fraction of sp³-hybridized carbons (Fsp3) is 0.561. The average molecular weight is 1020 g/mol. The first kappa shape index (κ1) is 52.7. The number of amides is 5. The highest BCUT2D eigenvalue weighted by atomic mass is 19.1. The summed E-state index contributed by atoms with van der Waals surface area (Å²) in [5, 5.41) is 11.2. The Morgan fingerprint density at radius 1 is 0.716 bits per heavy atom. The summed E-state index contributed by atoms with van der Waals surface area (Å²) >= 11 is 0. The van der Waals surface area contributed by atoms with Crippen molar-refractivity contribution in [3.63, 3.8) is 0 Å². The number of ether oxygens (including phenoxy) is 2. The molecular weight excluding hydrogens is 944 g/mol. The minimum absolute atomic E-state index is 0.00524. The van der Waals surface area contributed by atoms with Crippen LogP contribution >= 0.6 is 0 Å². The lowest BCUT2D eigenvalue weighted by molar-refractivity contribution is -0.140. The van der Waals surface area contributed by atoms with Crippen molar-refractivity contribution in [3.05, 3.63) is 111 Å². The highest BCUT2D eigenvalue weighted by Gasteiger charge is 2.37. The van der Waals surface area contributed by atoms with E-state index < -0.39 is 23.4 Å². The van der Waals surface area contributed by atoms with Crippen LogP contribution in [0.4, 0.5) is 9.18 Å². The molecule has 16 nitrogen and oxygen atoms in total. The number of H-pyrrole nitrogens is 1. The summed E-state index contributed by atoms with van der Waals surface area (Å²) in [6.45, 7) is 11.1. The van der Waals surface area contributed by atoms with Crippen molar-refractivity contribution in [1.29, 1.82) is 0 Å². The van der Waals surface area contributed by atoms with Gasteiger partial charge in [-0.05, 0) is 125 Å². The smallest absolute Gasteiger partial charge is 0.410 e. The Hall–Kier alpha value is -6.20. The molecule has 1 aliphatic carbocycles. The molecule has 5 fully saturated rings. The van der Waals surface area contributed by atoms with Gasteiger partial charge in [-0.15, -0.1) is 0 Å². The number of halogens is 1. The molecule has 74 heavy (non-hydrogen) atoms. The summed E-state index contributed by atoms with van der Waals surface area (Å²) in [5.74, 6) is -0.882. The molecule has 1 atom stereocenters. The molecule has 4 aliphatic heterocycles. The van der Waals surface area contributed by atoms with Crippen LogP contribution < -0.4 is 10.9 Å². The first-order valence-corrected chi connectivity index (χ1v) is 27.0. The third-order valence-electron chi connectivity index (χ3n) is 15.8. The predicted octanol–water partition coefficient (Wildman–Crippen LogP) is 6.90. The van der Waals surface area contributed by atoms with Crippen LogP contribution in [0.15, 0.2) is 71.5 Å². The minimum Gasteiger partial charge on any atom is -0.444 e. The molecule has 4 saturated heterocycles. The van der Waals surface area contributed by atoms with Crippen LogP contribution in [0.25, 0.3) is 10.8 Å². The van der Waals surface area contributed by atoms with Gasteiger partial charge in [-0.2, -0.15) is 5.10 Å². The van der Waals surface area contributed by atoms with E-state index in [4.69, 9.17) is 9.47 Å². The molecule has 5 heterocycles. The van der Waals surface area contributed by atoms with Gasteiger partial charge in [-0.1, -0.05) is 55.7 Å². The van der Waals surface area contributed by atoms with E-state index in [1.54, 1.807) is 39.0 Å². The molecule has 5 aliphatic rings. The van der Waals surface area contributed by atoms with E-state index in [-0.39, 0.29) is 65.5 Å². The number of nitrogens with one attached hydrogen (secondary N) is 2. The summed E-state index contributed by atoms with van der Waals surface area (Å²) in [5.41, 5.74) is 2.14. The lowest BCUT2D eigenvalue weighted by Crippen LogP contribution is -2.55. The van der Waals surface area contributed by atoms with Gasteiger partial charge in [-0.3, -0.25) is 28.9 Å². The molecule has 0 radical (unpaired) electrons. The highest BCUT2D eigenvalue weighted by Crippen LogP contribution is 2.32. The maximum absolute atomic E-state index is 15.1. The molecular formula is C57H73FN8O8. The number of aromatic nitrogens is 2. The Morgan fingerprint density at radius 3 is 2.00 bits per heavy atom. The van der Waals surface area contributed by atoms with Crippen LogP contribution in [-0.4, -0.2) is 160 Å². The maximum atomic E-state index is 15.1. The molecule has 2 N–H and O–H groups in total. The number of carbonyl (C=O) groups is 5. The Labute approximate surface area is 433 Å². The van der Waals surface area contributed by atoms with E-state index in [1.807, 2.05) is 62.1 Å². The normalized spacial score (nSPS) is 19.6. The van der Waals surface area contributed by atoms with Crippen LogP contribution in [-0.2, 0) is 25.5 Å². The number of rotatable bonds is 12. The molecule has 1 aromatic heterocycles. The summed E-state index contributed by atoms with van der Waals surface area (Å²) in [6.07, 6.45) is 9.91. The number of hydrogen-bond donors (Lipinski definition) is 2.